The van der Waals surface area contributed by atoms with Crippen molar-refractivity contribution in [2.45, 2.75) is 105 Å². The zero-order valence-electron chi connectivity index (χ0n) is 23.2. The monoisotopic (exact) mass is 618 g/mol. The minimum absolute atomic E-state index is 0.00719. The molecule has 1 amide bonds. The molecule has 17 heteroatoms. The van der Waals surface area contributed by atoms with Gasteiger partial charge < -0.3 is 81.9 Å². The maximum absolute atomic E-state index is 12.2. The van der Waals surface area contributed by atoms with Gasteiger partial charge in [0.15, 0.2) is 12.6 Å². The Morgan fingerprint density at radius 2 is 1.37 bits per heavy atom. The Bertz CT molecular complexity index is 1030. The molecule has 2 aliphatic heterocycles. The normalized spacial score (nSPS) is 43.6. The van der Waals surface area contributed by atoms with E-state index in [1.165, 1.54) is 0 Å². The van der Waals surface area contributed by atoms with Crippen LogP contribution in [0.15, 0.2) is 30.3 Å². The van der Waals surface area contributed by atoms with E-state index in [2.05, 4.69) is 5.32 Å². The van der Waals surface area contributed by atoms with Crippen molar-refractivity contribution in [3.05, 3.63) is 35.9 Å². The van der Waals surface area contributed by atoms with Crippen LogP contribution < -0.4 is 22.5 Å². The van der Waals surface area contributed by atoms with Gasteiger partial charge >= 0.3 is 6.09 Å². The molecule has 0 radical (unpaired) electrons. The van der Waals surface area contributed by atoms with Crippen LogP contribution in [0.25, 0.3) is 0 Å². The summed E-state index contributed by atoms with van der Waals surface area (Å²) in [5.41, 5.74) is 19.0. The van der Waals surface area contributed by atoms with E-state index in [-0.39, 0.29) is 19.6 Å². The summed E-state index contributed by atoms with van der Waals surface area (Å²) in [5.74, 6) is 0. The van der Waals surface area contributed by atoms with E-state index in [9.17, 15) is 40.5 Å². The fourth-order valence-corrected chi connectivity index (χ4v) is 5.33. The highest BCUT2D eigenvalue weighted by atomic mass is 16.7. The van der Waals surface area contributed by atoms with Crippen LogP contribution in [0.5, 0.6) is 0 Å². The van der Waals surface area contributed by atoms with Gasteiger partial charge in [0.1, 0.15) is 67.6 Å². The molecule has 0 bridgehead atoms. The van der Waals surface area contributed by atoms with Gasteiger partial charge in [0.25, 0.3) is 0 Å². The zero-order valence-corrected chi connectivity index (χ0v) is 23.2. The molecule has 0 aromatic heterocycles. The SMILES string of the molecule is NC1CC(N)C(OC2OC(CNC(=O)OCc3ccccc3)C(O)C(O)C2O)C(O)C1OC1OC(CO)C(O)C(N)C1O. The standard InChI is InChI=1S/C26H42N4O13/c27-11-6-12(28)23(21(37)22(11)42-24-18(34)15(29)16(32)14(8-31)41-24)43-25-20(36)19(35)17(33)13(40-25)7-30-26(38)39-9-10-4-2-1-3-5-10/h1-5,11-25,31-37H,6-9,27-29H2,(H,30,38). The van der Waals surface area contributed by atoms with Crippen molar-refractivity contribution < 1.29 is 64.2 Å². The number of ether oxygens (including phenoxy) is 5. The van der Waals surface area contributed by atoms with Crippen LogP contribution in [0.3, 0.4) is 0 Å². The van der Waals surface area contributed by atoms with Crippen molar-refractivity contribution in [3.8, 4) is 0 Å². The first-order valence-electron chi connectivity index (χ1n) is 13.9. The highest BCUT2D eigenvalue weighted by Crippen LogP contribution is 2.31. The Morgan fingerprint density at radius 3 is 1.98 bits per heavy atom. The minimum atomic E-state index is -1.78. The lowest BCUT2D eigenvalue weighted by atomic mass is 9.84. The Hall–Kier alpha value is -2.07. The molecule has 15 unspecified atom stereocenters. The lowest BCUT2D eigenvalue weighted by Gasteiger charge is -2.48. The van der Waals surface area contributed by atoms with Gasteiger partial charge in [-0.2, -0.15) is 0 Å². The van der Waals surface area contributed by atoms with Gasteiger partial charge in [-0.05, 0) is 12.0 Å². The first kappa shape index (κ1) is 33.8. The number of rotatable bonds is 9. The van der Waals surface area contributed by atoms with Crippen LogP contribution in [-0.2, 0) is 30.3 Å². The third-order valence-corrected chi connectivity index (χ3v) is 7.91. The molecule has 1 saturated carbocycles. The predicted molar refractivity (Wildman–Crippen MR) is 143 cm³/mol. The van der Waals surface area contributed by atoms with Crippen LogP contribution in [0, 0.1) is 0 Å². The third kappa shape index (κ3) is 7.78. The molecule has 43 heavy (non-hydrogen) atoms. The van der Waals surface area contributed by atoms with Crippen molar-refractivity contribution in [3.63, 3.8) is 0 Å². The Morgan fingerprint density at radius 1 is 0.791 bits per heavy atom. The molecule has 2 heterocycles. The number of carbonyl (C=O) groups excluding carboxylic acids is 1. The van der Waals surface area contributed by atoms with Crippen molar-refractivity contribution in [1.29, 1.82) is 0 Å². The third-order valence-electron chi connectivity index (χ3n) is 7.91. The zero-order chi connectivity index (χ0) is 31.4. The lowest BCUT2D eigenvalue weighted by Crippen LogP contribution is -2.68. The Kier molecular flexibility index (Phi) is 11.6. The van der Waals surface area contributed by atoms with Crippen LogP contribution in [0.1, 0.15) is 12.0 Å². The molecule has 4 rings (SSSR count). The van der Waals surface area contributed by atoms with Gasteiger partial charge in [-0.3, -0.25) is 0 Å². The van der Waals surface area contributed by atoms with E-state index in [0.717, 1.165) is 5.56 Å². The van der Waals surface area contributed by atoms with Gasteiger partial charge in [0.2, 0.25) is 0 Å². The van der Waals surface area contributed by atoms with Crippen LogP contribution in [0.4, 0.5) is 4.79 Å². The van der Waals surface area contributed by atoms with Gasteiger partial charge in [0.05, 0.1) is 12.6 Å². The second-order valence-electron chi connectivity index (χ2n) is 11.0. The molecule has 15 atom stereocenters. The summed E-state index contributed by atoms with van der Waals surface area (Å²) in [6.45, 7) is -0.959. The molecular weight excluding hydrogens is 576 g/mol. The molecule has 1 aromatic carbocycles. The summed E-state index contributed by atoms with van der Waals surface area (Å²) in [7, 11) is 0. The number of hydrogen-bond acceptors (Lipinski definition) is 16. The molecule has 1 aliphatic carbocycles. The number of aliphatic hydroxyl groups excluding tert-OH is 7. The fraction of sp³-hybridized carbons (Fsp3) is 0.731. The minimum Gasteiger partial charge on any atom is -0.445 e. The topological polar surface area (TPSA) is 295 Å². The number of benzene rings is 1. The number of amides is 1. The van der Waals surface area contributed by atoms with E-state index in [4.69, 9.17) is 40.9 Å². The molecule has 3 fully saturated rings. The highest BCUT2D eigenvalue weighted by Gasteiger charge is 2.51. The van der Waals surface area contributed by atoms with Crippen LogP contribution in [0.2, 0.25) is 0 Å². The number of alkyl carbamates (subject to hydrolysis) is 1. The summed E-state index contributed by atoms with van der Waals surface area (Å²) in [4.78, 5) is 12.2. The second kappa shape index (κ2) is 14.8. The van der Waals surface area contributed by atoms with Gasteiger partial charge in [-0.15, -0.1) is 0 Å². The Labute approximate surface area is 247 Å². The number of aliphatic hydroxyl groups is 7. The maximum atomic E-state index is 12.2. The number of carbonyl (C=O) groups is 1. The number of nitrogens with one attached hydrogen (secondary N) is 1. The quantitative estimate of drug-likeness (QED) is 0.123. The van der Waals surface area contributed by atoms with Gasteiger partial charge in [0, 0.05) is 18.6 Å². The molecule has 3 aliphatic rings. The maximum Gasteiger partial charge on any atom is 0.407 e. The second-order valence-corrected chi connectivity index (χ2v) is 11.0. The fourth-order valence-electron chi connectivity index (χ4n) is 5.33. The smallest absolute Gasteiger partial charge is 0.407 e. The van der Waals surface area contributed by atoms with Crippen LogP contribution >= 0.6 is 0 Å². The van der Waals surface area contributed by atoms with E-state index < -0.39 is 104 Å². The molecule has 14 N–H and O–H groups in total. The van der Waals surface area contributed by atoms with Crippen molar-refractivity contribution in [1.82, 2.24) is 5.32 Å². The highest BCUT2D eigenvalue weighted by molar-refractivity contribution is 5.67. The summed E-state index contributed by atoms with van der Waals surface area (Å²) in [6.07, 6.45) is -18.6. The molecule has 0 spiro atoms. The summed E-state index contributed by atoms with van der Waals surface area (Å²) in [5, 5.41) is 75.1. The van der Waals surface area contributed by atoms with Gasteiger partial charge in [-0.25, -0.2) is 4.79 Å². The van der Waals surface area contributed by atoms with Crippen molar-refractivity contribution in [2.75, 3.05) is 13.2 Å². The summed E-state index contributed by atoms with van der Waals surface area (Å²) >= 11 is 0. The molecule has 2 saturated heterocycles. The van der Waals surface area contributed by atoms with Crippen molar-refractivity contribution >= 4 is 6.09 Å². The molecular formula is C26H42N4O13. The summed E-state index contributed by atoms with van der Waals surface area (Å²) < 4.78 is 27.8. The van der Waals surface area contributed by atoms with Gasteiger partial charge in [-0.1, -0.05) is 30.3 Å². The largest absolute Gasteiger partial charge is 0.445 e. The summed E-state index contributed by atoms with van der Waals surface area (Å²) in [6, 6.07) is 5.88. The molecule has 244 valence electrons. The predicted octanol–water partition coefficient (Wildman–Crippen LogP) is -5.32. The number of hydrogen-bond donors (Lipinski definition) is 11. The molecule has 17 nitrogen and oxygen atoms in total. The first-order valence-corrected chi connectivity index (χ1v) is 13.9. The average Bonchev–Trinajstić information content (AvgIpc) is 2.99. The first-order chi connectivity index (χ1) is 20.4. The van der Waals surface area contributed by atoms with Crippen molar-refractivity contribution in [2.24, 2.45) is 17.2 Å². The number of nitrogens with two attached hydrogens (primary N) is 3. The van der Waals surface area contributed by atoms with Crippen LogP contribution in [-0.4, -0.2) is 147 Å². The Balaban J connectivity index is 1.37. The van der Waals surface area contributed by atoms with E-state index in [1.807, 2.05) is 6.07 Å². The lowest BCUT2D eigenvalue weighted by molar-refractivity contribution is -0.332. The molecule has 1 aromatic rings. The van der Waals surface area contributed by atoms with E-state index in [0.29, 0.717) is 0 Å². The average molecular weight is 619 g/mol. The van der Waals surface area contributed by atoms with E-state index >= 15 is 0 Å². The van der Waals surface area contributed by atoms with E-state index in [1.54, 1.807) is 24.3 Å².